The van der Waals surface area contributed by atoms with E-state index in [9.17, 15) is 13.6 Å². The van der Waals surface area contributed by atoms with E-state index >= 15 is 0 Å². The SMILES string of the molecule is N[C@H]1C[C@@H](N2CC3CN(C(=O)OC4CC4)CC32)CO[C@@H]1c1cc(F)ccc1F. The van der Waals surface area contributed by atoms with Crippen LogP contribution in [0.2, 0.25) is 0 Å². The minimum Gasteiger partial charge on any atom is -0.446 e. The van der Waals surface area contributed by atoms with Crippen molar-refractivity contribution < 1.29 is 23.0 Å². The van der Waals surface area contributed by atoms with Crippen LogP contribution >= 0.6 is 0 Å². The van der Waals surface area contributed by atoms with Gasteiger partial charge in [-0.3, -0.25) is 4.90 Å². The molecule has 2 N–H and O–H groups in total. The molecule has 4 aliphatic rings. The molecule has 0 bridgehead atoms. The van der Waals surface area contributed by atoms with E-state index in [1.807, 2.05) is 4.90 Å². The van der Waals surface area contributed by atoms with Crippen molar-refractivity contribution >= 4 is 6.09 Å². The van der Waals surface area contributed by atoms with Gasteiger partial charge >= 0.3 is 6.09 Å². The lowest BCUT2D eigenvalue weighted by Crippen LogP contribution is -2.63. The summed E-state index contributed by atoms with van der Waals surface area (Å²) in [4.78, 5) is 16.3. The fraction of sp³-hybridized carbons (Fsp3) is 0.650. The van der Waals surface area contributed by atoms with Gasteiger partial charge in [0.25, 0.3) is 0 Å². The number of fused-ring (bicyclic) bond motifs is 1. The standard InChI is InChI=1S/C20H25F2N3O3/c21-12-1-4-16(22)15(5-12)19-17(23)6-13(10-27-19)25-8-11-7-24(9-18(11)25)20(26)28-14-2-3-14/h1,4-5,11,13-14,17-19H,2-3,6-10,23H2/t11?,13-,17+,18?,19-/m1/s1. The van der Waals surface area contributed by atoms with Crippen molar-refractivity contribution in [2.24, 2.45) is 11.7 Å². The van der Waals surface area contributed by atoms with Crippen molar-refractivity contribution in [1.82, 2.24) is 9.80 Å². The molecular formula is C20H25F2N3O3. The van der Waals surface area contributed by atoms with Gasteiger partial charge in [0.2, 0.25) is 0 Å². The number of carbonyl (C=O) groups excluding carboxylic acids is 1. The van der Waals surface area contributed by atoms with Crippen LogP contribution < -0.4 is 5.73 Å². The highest BCUT2D eigenvalue weighted by atomic mass is 19.1. The third kappa shape index (κ3) is 3.27. The molecule has 1 amide bonds. The molecular weight excluding hydrogens is 368 g/mol. The average Bonchev–Trinajstić information content (AvgIpc) is 3.40. The predicted octanol–water partition coefficient (Wildman–Crippen LogP) is 2.04. The van der Waals surface area contributed by atoms with Gasteiger partial charge in [0.05, 0.1) is 6.61 Å². The number of amides is 1. The molecule has 5 atom stereocenters. The zero-order valence-corrected chi connectivity index (χ0v) is 15.6. The Balaban J connectivity index is 1.19. The lowest BCUT2D eigenvalue weighted by molar-refractivity contribution is -0.0937. The van der Waals surface area contributed by atoms with E-state index < -0.39 is 23.8 Å². The first-order chi connectivity index (χ1) is 13.5. The van der Waals surface area contributed by atoms with Crippen LogP contribution in [0, 0.1) is 17.6 Å². The number of ether oxygens (including phenoxy) is 2. The van der Waals surface area contributed by atoms with E-state index in [2.05, 4.69) is 4.90 Å². The molecule has 1 aliphatic carbocycles. The monoisotopic (exact) mass is 393 g/mol. The van der Waals surface area contributed by atoms with Gasteiger partial charge in [0.15, 0.2) is 0 Å². The molecule has 28 heavy (non-hydrogen) atoms. The second-order valence-electron chi connectivity index (χ2n) is 8.49. The minimum absolute atomic E-state index is 0.117. The molecule has 2 unspecified atom stereocenters. The largest absolute Gasteiger partial charge is 0.446 e. The highest BCUT2D eigenvalue weighted by Crippen LogP contribution is 2.39. The summed E-state index contributed by atoms with van der Waals surface area (Å²) >= 11 is 0. The summed E-state index contributed by atoms with van der Waals surface area (Å²) < 4.78 is 38.9. The fourth-order valence-corrected chi connectivity index (χ4v) is 4.78. The van der Waals surface area contributed by atoms with Crippen molar-refractivity contribution in [3.05, 3.63) is 35.4 Å². The van der Waals surface area contributed by atoms with Crippen LogP contribution in [0.4, 0.5) is 13.6 Å². The van der Waals surface area contributed by atoms with Crippen molar-refractivity contribution in [3.63, 3.8) is 0 Å². The first kappa shape index (κ1) is 18.3. The van der Waals surface area contributed by atoms with Gasteiger partial charge in [-0.05, 0) is 37.5 Å². The van der Waals surface area contributed by atoms with Crippen LogP contribution in [0.15, 0.2) is 18.2 Å². The molecule has 3 aliphatic heterocycles. The maximum atomic E-state index is 14.1. The van der Waals surface area contributed by atoms with Crippen LogP contribution in [0.25, 0.3) is 0 Å². The average molecular weight is 393 g/mol. The van der Waals surface area contributed by atoms with E-state index in [4.69, 9.17) is 15.2 Å². The number of hydrogen-bond acceptors (Lipinski definition) is 5. The Bertz CT molecular complexity index is 775. The molecule has 0 aromatic heterocycles. The van der Waals surface area contributed by atoms with Crippen LogP contribution in [0.3, 0.4) is 0 Å². The van der Waals surface area contributed by atoms with Gasteiger partial charge in [-0.1, -0.05) is 0 Å². The molecule has 3 saturated heterocycles. The van der Waals surface area contributed by atoms with Crippen LogP contribution in [-0.2, 0) is 9.47 Å². The van der Waals surface area contributed by atoms with Gasteiger partial charge in [0, 0.05) is 49.2 Å². The molecule has 0 radical (unpaired) electrons. The number of rotatable bonds is 3. The topological polar surface area (TPSA) is 68.0 Å². The van der Waals surface area contributed by atoms with Crippen molar-refractivity contribution in [3.8, 4) is 0 Å². The number of nitrogens with zero attached hydrogens (tertiary/aromatic N) is 2. The van der Waals surface area contributed by atoms with Crippen molar-refractivity contribution in [1.29, 1.82) is 0 Å². The molecule has 8 heteroatoms. The molecule has 3 heterocycles. The molecule has 1 aromatic carbocycles. The quantitative estimate of drug-likeness (QED) is 0.851. The zero-order valence-electron chi connectivity index (χ0n) is 15.6. The van der Waals surface area contributed by atoms with Gasteiger partial charge in [-0.25, -0.2) is 13.6 Å². The summed E-state index contributed by atoms with van der Waals surface area (Å²) in [5.74, 6) is -0.532. The lowest BCUT2D eigenvalue weighted by atomic mass is 9.86. The van der Waals surface area contributed by atoms with Gasteiger partial charge in [-0.2, -0.15) is 0 Å². The maximum Gasteiger partial charge on any atom is 0.410 e. The molecule has 4 fully saturated rings. The van der Waals surface area contributed by atoms with E-state index in [1.54, 1.807) is 0 Å². The highest BCUT2D eigenvalue weighted by Gasteiger charge is 2.51. The first-order valence-corrected chi connectivity index (χ1v) is 10.0. The van der Waals surface area contributed by atoms with Crippen LogP contribution in [-0.4, -0.2) is 66.4 Å². The Kier molecular flexibility index (Phi) is 4.52. The Morgan fingerprint density at radius 2 is 2.04 bits per heavy atom. The van der Waals surface area contributed by atoms with Crippen molar-refractivity contribution in [2.75, 3.05) is 26.2 Å². The number of carbonyl (C=O) groups is 1. The van der Waals surface area contributed by atoms with Crippen molar-refractivity contribution in [2.45, 2.75) is 49.6 Å². The number of hydrogen-bond donors (Lipinski definition) is 1. The lowest BCUT2D eigenvalue weighted by Gasteiger charge is -2.50. The third-order valence-electron chi connectivity index (χ3n) is 6.46. The molecule has 6 nitrogen and oxygen atoms in total. The summed E-state index contributed by atoms with van der Waals surface area (Å²) in [6.07, 6.45) is 1.88. The summed E-state index contributed by atoms with van der Waals surface area (Å²) in [5, 5.41) is 0. The molecule has 5 rings (SSSR count). The predicted molar refractivity (Wildman–Crippen MR) is 96.5 cm³/mol. The van der Waals surface area contributed by atoms with Crippen LogP contribution in [0.5, 0.6) is 0 Å². The Morgan fingerprint density at radius 3 is 2.79 bits per heavy atom. The number of likely N-dealkylation sites (tertiary alicyclic amines) is 2. The Labute approximate surface area is 162 Å². The summed E-state index contributed by atoms with van der Waals surface area (Å²) in [6, 6.07) is 3.39. The summed E-state index contributed by atoms with van der Waals surface area (Å²) in [6.45, 7) is 2.73. The number of benzene rings is 1. The third-order valence-corrected chi connectivity index (χ3v) is 6.46. The zero-order chi connectivity index (χ0) is 19.4. The number of nitrogens with two attached hydrogens (primary N) is 1. The molecule has 152 valence electrons. The Hall–Kier alpha value is -1.77. The van der Waals surface area contributed by atoms with E-state index in [0.717, 1.165) is 38.1 Å². The molecule has 0 spiro atoms. The second kappa shape index (κ2) is 6.93. The Morgan fingerprint density at radius 1 is 1.21 bits per heavy atom. The highest BCUT2D eigenvalue weighted by molar-refractivity contribution is 5.68. The minimum atomic E-state index is -0.641. The van der Waals surface area contributed by atoms with E-state index in [1.165, 1.54) is 6.07 Å². The summed E-state index contributed by atoms with van der Waals surface area (Å²) in [5.41, 5.74) is 6.47. The number of halogens is 2. The van der Waals surface area contributed by atoms with Gasteiger partial charge < -0.3 is 20.1 Å². The molecule has 1 aromatic rings. The fourth-order valence-electron chi connectivity index (χ4n) is 4.78. The first-order valence-electron chi connectivity index (χ1n) is 10.0. The normalized spacial score (nSPS) is 35.4. The van der Waals surface area contributed by atoms with Crippen LogP contribution in [0.1, 0.15) is 30.9 Å². The molecule has 1 saturated carbocycles. The van der Waals surface area contributed by atoms with Gasteiger partial charge in [0.1, 0.15) is 23.8 Å². The second-order valence-corrected chi connectivity index (χ2v) is 8.49. The smallest absolute Gasteiger partial charge is 0.410 e. The maximum absolute atomic E-state index is 14.1. The van der Waals surface area contributed by atoms with E-state index in [0.29, 0.717) is 31.5 Å². The van der Waals surface area contributed by atoms with E-state index in [-0.39, 0.29) is 23.8 Å². The summed E-state index contributed by atoms with van der Waals surface area (Å²) in [7, 11) is 0. The van der Waals surface area contributed by atoms with Gasteiger partial charge in [-0.15, -0.1) is 0 Å².